The Morgan fingerprint density at radius 1 is 1.23 bits per heavy atom. The second kappa shape index (κ2) is 8.22. The Morgan fingerprint density at radius 2 is 1.92 bits per heavy atom. The topological polar surface area (TPSA) is 58.1 Å². The number of likely N-dealkylation sites (tertiary alicyclic amines) is 1. The molecule has 0 saturated carbocycles. The second-order valence-corrected chi connectivity index (χ2v) is 7.82. The summed E-state index contributed by atoms with van der Waals surface area (Å²) in [6, 6.07) is 4.41. The molecule has 0 spiro atoms. The molecule has 0 radical (unpaired) electrons. The van der Waals surface area contributed by atoms with Crippen LogP contribution in [-0.2, 0) is 9.47 Å². The van der Waals surface area contributed by atoms with Crippen LogP contribution in [-0.4, -0.2) is 72.0 Å². The van der Waals surface area contributed by atoms with E-state index in [4.69, 9.17) is 9.47 Å². The summed E-state index contributed by atoms with van der Waals surface area (Å²) in [4.78, 5) is 18.4. The van der Waals surface area contributed by atoms with E-state index in [-0.39, 0.29) is 6.09 Å². The first-order valence-corrected chi connectivity index (χ1v) is 9.44. The Balaban J connectivity index is 1.66. The fourth-order valence-electron chi connectivity index (χ4n) is 3.48. The average molecular weight is 362 g/mol. The molecule has 2 aliphatic rings. The van der Waals surface area contributed by atoms with Gasteiger partial charge in [0.05, 0.1) is 25.1 Å². The van der Waals surface area contributed by atoms with Crippen molar-refractivity contribution in [1.82, 2.24) is 14.9 Å². The second-order valence-electron chi connectivity index (χ2n) is 7.82. The molecule has 7 nitrogen and oxygen atoms in total. The molecule has 2 saturated heterocycles. The Labute approximate surface area is 155 Å². The van der Waals surface area contributed by atoms with E-state index in [0.717, 1.165) is 44.8 Å². The van der Waals surface area contributed by atoms with Crippen molar-refractivity contribution in [1.29, 1.82) is 0 Å². The van der Waals surface area contributed by atoms with Crippen LogP contribution in [0.5, 0.6) is 0 Å². The van der Waals surface area contributed by atoms with E-state index in [0.29, 0.717) is 19.1 Å². The lowest BCUT2D eigenvalue weighted by molar-refractivity contribution is 0.0109. The number of piperidine rings is 1. The van der Waals surface area contributed by atoms with E-state index in [1.807, 2.05) is 37.9 Å². The van der Waals surface area contributed by atoms with E-state index < -0.39 is 5.60 Å². The molecule has 0 N–H and O–H groups in total. The van der Waals surface area contributed by atoms with Gasteiger partial charge in [0.25, 0.3) is 0 Å². The number of morpholine rings is 1. The predicted molar refractivity (Wildman–Crippen MR) is 99.9 cm³/mol. The highest BCUT2D eigenvalue weighted by molar-refractivity contribution is 5.68. The number of ether oxygens (including phenoxy) is 2. The molecule has 1 amide bonds. The Kier molecular flexibility index (Phi) is 5.98. The third-order valence-electron chi connectivity index (χ3n) is 4.66. The normalized spacial score (nSPS) is 20.0. The number of rotatable bonds is 3. The Bertz CT molecular complexity index is 576. The van der Waals surface area contributed by atoms with E-state index in [1.54, 1.807) is 6.20 Å². The summed E-state index contributed by atoms with van der Waals surface area (Å²) in [5.41, 5.74) is 0.647. The van der Waals surface area contributed by atoms with E-state index in [1.165, 1.54) is 0 Å². The van der Waals surface area contributed by atoms with Gasteiger partial charge in [-0.15, -0.1) is 0 Å². The number of hydrogen-bond acceptors (Lipinski definition) is 6. The largest absolute Gasteiger partial charge is 0.444 e. The minimum absolute atomic E-state index is 0.213. The quantitative estimate of drug-likeness (QED) is 0.824. The Morgan fingerprint density at radius 3 is 2.50 bits per heavy atom. The molecule has 7 heteroatoms. The molecule has 0 unspecified atom stereocenters. The van der Waals surface area contributed by atoms with Gasteiger partial charge in [0.2, 0.25) is 0 Å². The van der Waals surface area contributed by atoms with Gasteiger partial charge in [-0.05, 0) is 45.7 Å². The molecular formula is C19H30N4O3. The van der Waals surface area contributed by atoms with Crippen molar-refractivity contribution < 1.29 is 14.3 Å². The number of pyridine rings is 1. The third kappa shape index (κ3) is 4.86. The summed E-state index contributed by atoms with van der Waals surface area (Å²) < 4.78 is 11.0. The maximum Gasteiger partial charge on any atom is 0.410 e. The van der Waals surface area contributed by atoms with Gasteiger partial charge in [-0.1, -0.05) is 0 Å². The molecule has 2 fully saturated rings. The van der Waals surface area contributed by atoms with Gasteiger partial charge in [-0.3, -0.25) is 4.98 Å². The van der Waals surface area contributed by atoms with Crippen LogP contribution in [0, 0.1) is 0 Å². The fourth-order valence-corrected chi connectivity index (χ4v) is 3.48. The fraction of sp³-hybridized carbons (Fsp3) is 0.684. The SMILES string of the molecule is CC(C)(C)OC(=O)N1CCC(N(c2cccnc2)N2CCOCC2)CC1. The summed E-state index contributed by atoms with van der Waals surface area (Å²) in [7, 11) is 0. The van der Waals surface area contributed by atoms with Crippen LogP contribution < -0.4 is 5.01 Å². The standard InChI is InChI=1S/C19H30N4O3/c1-19(2,3)26-18(24)21-9-6-16(7-10-21)23(17-5-4-8-20-15-17)22-11-13-25-14-12-22/h4-5,8,15-16H,6-7,9-14H2,1-3H3. The van der Waals surface area contributed by atoms with Gasteiger partial charge in [0.1, 0.15) is 5.60 Å². The van der Waals surface area contributed by atoms with Crippen molar-refractivity contribution in [3.63, 3.8) is 0 Å². The maximum atomic E-state index is 12.3. The third-order valence-corrected chi connectivity index (χ3v) is 4.66. The van der Waals surface area contributed by atoms with Crippen LogP contribution >= 0.6 is 0 Å². The van der Waals surface area contributed by atoms with E-state index in [2.05, 4.69) is 21.1 Å². The van der Waals surface area contributed by atoms with E-state index in [9.17, 15) is 4.79 Å². The molecule has 3 rings (SSSR count). The highest BCUT2D eigenvalue weighted by atomic mass is 16.6. The molecule has 0 aliphatic carbocycles. The van der Waals surface area contributed by atoms with Crippen molar-refractivity contribution in [3.05, 3.63) is 24.5 Å². The number of anilines is 1. The Hall–Kier alpha value is -1.86. The molecule has 1 aromatic rings. The zero-order valence-corrected chi connectivity index (χ0v) is 16.1. The van der Waals surface area contributed by atoms with Crippen LogP contribution in [0.25, 0.3) is 0 Å². The lowest BCUT2D eigenvalue weighted by atomic mass is 10.0. The van der Waals surface area contributed by atoms with Gasteiger partial charge in [0.15, 0.2) is 0 Å². The first-order valence-electron chi connectivity index (χ1n) is 9.44. The van der Waals surface area contributed by atoms with Gasteiger partial charge < -0.3 is 19.4 Å². The first kappa shape index (κ1) is 18.9. The molecule has 1 aromatic heterocycles. The van der Waals surface area contributed by atoms with Crippen LogP contribution in [0.1, 0.15) is 33.6 Å². The molecule has 0 aromatic carbocycles. The zero-order valence-electron chi connectivity index (χ0n) is 16.1. The molecule has 0 atom stereocenters. The highest BCUT2D eigenvalue weighted by Gasteiger charge is 2.32. The number of nitrogens with zero attached hydrogens (tertiary/aromatic N) is 4. The molecule has 26 heavy (non-hydrogen) atoms. The number of carbonyl (C=O) groups is 1. The molecule has 2 aliphatic heterocycles. The first-order chi connectivity index (χ1) is 12.4. The number of hydrogen-bond donors (Lipinski definition) is 0. The number of carbonyl (C=O) groups excluding carboxylic acids is 1. The van der Waals surface area contributed by atoms with Gasteiger partial charge in [0, 0.05) is 38.4 Å². The molecule has 3 heterocycles. The predicted octanol–water partition coefficient (Wildman–Crippen LogP) is 2.53. The van der Waals surface area contributed by atoms with Crippen LogP contribution in [0.2, 0.25) is 0 Å². The van der Waals surface area contributed by atoms with Gasteiger partial charge in [-0.25, -0.2) is 9.80 Å². The minimum Gasteiger partial charge on any atom is -0.444 e. The molecular weight excluding hydrogens is 332 g/mol. The van der Waals surface area contributed by atoms with Crippen LogP contribution in [0.4, 0.5) is 10.5 Å². The monoisotopic (exact) mass is 362 g/mol. The lowest BCUT2D eigenvalue weighted by Crippen LogP contribution is -2.57. The lowest BCUT2D eigenvalue weighted by Gasteiger charge is -2.46. The minimum atomic E-state index is -0.455. The van der Waals surface area contributed by atoms with E-state index >= 15 is 0 Å². The van der Waals surface area contributed by atoms with Crippen molar-refractivity contribution in [2.24, 2.45) is 0 Å². The summed E-state index contributed by atoms with van der Waals surface area (Å²) in [6.07, 6.45) is 5.31. The summed E-state index contributed by atoms with van der Waals surface area (Å²) in [5, 5.41) is 4.72. The number of amides is 1. The molecule has 0 bridgehead atoms. The smallest absolute Gasteiger partial charge is 0.410 e. The zero-order chi connectivity index (χ0) is 18.6. The average Bonchev–Trinajstić information content (AvgIpc) is 2.63. The molecule has 144 valence electrons. The highest BCUT2D eigenvalue weighted by Crippen LogP contribution is 2.26. The van der Waals surface area contributed by atoms with Crippen molar-refractivity contribution in [2.75, 3.05) is 44.4 Å². The van der Waals surface area contributed by atoms with Crippen LogP contribution in [0.3, 0.4) is 0 Å². The van der Waals surface area contributed by atoms with Gasteiger partial charge in [-0.2, -0.15) is 0 Å². The van der Waals surface area contributed by atoms with Gasteiger partial charge >= 0.3 is 6.09 Å². The summed E-state index contributed by atoms with van der Waals surface area (Å²) >= 11 is 0. The van der Waals surface area contributed by atoms with Crippen molar-refractivity contribution in [2.45, 2.75) is 45.3 Å². The van der Waals surface area contributed by atoms with Crippen LogP contribution in [0.15, 0.2) is 24.5 Å². The summed E-state index contributed by atoms with van der Waals surface area (Å²) in [6.45, 7) is 10.4. The summed E-state index contributed by atoms with van der Waals surface area (Å²) in [5.74, 6) is 0. The number of hydrazine groups is 1. The number of aromatic nitrogens is 1. The van der Waals surface area contributed by atoms with Crippen molar-refractivity contribution >= 4 is 11.8 Å². The maximum absolute atomic E-state index is 12.3. The van der Waals surface area contributed by atoms with Crippen molar-refractivity contribution in [3.8, 4) is 0 Å².